The number of carbonyl (C=O) groups excluding carboxylic acids is 1. The van der Waals surface area contributed by atoms with Crippen molar-refractivity contribution in [1.29, 1.82) is 0 Å². The molecule has 2 heteroatoms. The van der Waals surface area contributed by atoms with Crippen LogP contribution in [-0.2, 0) is 6.42 Å². The second-order valence-corrected chi connectivity index (χ2v) is 9.67. The van der Waals surface area contributed by atoms with Gasteiger partial charge in [-0.05, 0) is 97.2 Å². The van der Waals surface area contributed by atoms with Gasteiger partial charge in [0.25, 0.3) is 0 Å². The molecule has 0 bridgehead atoms. The van der Waals surface area contributed by atoms with E-state index in [1.54, 1.807) is 0 Å². The van der Waals surface area contributed by atoms with E-state index in [1.165, 1.54) is 48.8 Å². The van der Waals surface area contributed by atoms with E-state index in [0.29, 0.717) is 23.1 Å². The summed E-state index contributed by atoms with van der Waals surface area (Å²) in [4.78, 5) is 12.6. The molecule has 0 radical (unpaired) electrons. The standard InChI is InChI=1S/C31H36O2/c1-3-7-24-12-20-30(21-13-24)33-31(32)29-18-16-28(17-19-29)27-14-10-25(11-15-27)22-23(2)26-8-5-4-6-9-26/h4-6,8-9,12-13,16-21,23,25,27H,3,7,10-11,14-15,22H2,1-2H3. The fraction of sp³-hybridized carbons (Fsp3) is 0.387. The highest BCUT2D eigenvalue weighted by molar-refractivity contribution is 5.91. The molecule has 1 fully saturated rings. The molecule has 1 aliphatic carbocycles. The third-order valence-electron chi connectivity index (χ3n) is 7.19. The number of ether oxygens (including phenoxy) is 1. The Morgan fingerprint density at radius 2 is 1.55 bits per heavy atom. The fourth-order valence-electron chi connectivity index (χ4n) is 5.22. The summed E-state index contributed by atoms with van der Waals surface area (Å²) in [5, 5.41) is 0. The summed E-state index contributed by atoms with van der Waals surface area (Å²) in [7, 11) is 0. The molecular formula is C31H36O2. The molecular weight excluding hydrogens is 404 g/mol. The van der Waals surface area contributed by atoms with Gasteiger partial charge in [0.1, 0.15) is 5.75 Å². The van der Waals surface area contributed by atoms with Crippen LogP contribution in [0.15, 0.2) is 78.9 Å². The summed E-state index contributed by atoms with van der Waals surface area (Å²) in [6.07, 6.45) is 8.49. The van der Waals surface area contributed by atoms with Crippen LogP contribution in [0, 0.1) is 5.92 Å². The third-order valence-corrected chi connectivity index (χ3v) is 7.19. The Kier molecular flexibility index (Phi) is 7.99. The number of aryl methyl sites for hydroxylation is 1. The van der Waals surface area contributed by atoms with Crippen molar-refractivity contribution >= 4 is 5.97 Å². The first-order chi connectivity index (χ1) is 16.1. The van der Waals surface area contributed by atoms with Crippen LogP contribution in [-0.4, -0.2) is 5.97 Å². The molecule has 3 aromatic rings. The van der Waals surface area contributed by atoms with E-state index in [2.05, 4.69) is 56.3 Å². The molecule has 0 saturated heterocycles. The first kappa shape index (κ1) is 23.3. The minimum absolute atomic E-state index is 0.289. The second kappa shape index (κ2) is 11.3. The Morgan fingerprint density at radius 3 is 2.18 bits per heavy atom. The van der Waals surface area contributed by atoms with Gasteiger partial charge in [0, 0.05) is 0 Å². The number of benzene rings is 3. The van der Waals surface area contributed by atoms with E-state index in [9.17, 15) is 4.79 Å². The van der Waals surface area contributed by atoms with Crippen molar-refractivity contribution in [3.63, 3.8) is 0 Å². The van der Waals surface area contributed by atoms with Gasteiger partial charge in [0.05, 0.1) is 5.56 Å². The van der Waals surface area contributed by atoms with Crippen LogP contribution >= 0.6 is 0 Å². The van der Waals surface area contributed by atoms with Crippen molar-refractivity contribution in [2.75, 3.05) is 0 Å². The van der Waals surface area contributed by atoms with Crippen molar-refractivity contribution in [3.8, 4) is 5.75 Å². The maximum absolute atomic E-state index is 12.6. The van der Waals surface area contributed by atoms with E-state index in [4.69, 9.17) is 4.74 Å². The lowest BCUT2D eigenvalue weighted by Crippen LogP contribution is -2.15. The van der Waals surface area contributed by atoms with Crippen LogP contribution in [0.3, 0.4) is 0 Å². The molecule has 33 heavy (non-hydrogen) atoms. The molecule has 0 N–H and O–H groups in total. The molecule has 172 valence electrons. The Bertz CT molecular complexity index is 997. The van der Waals surface area contributed by atoms with E-state index >= 15 is 0 Å². The predicted molar refractivity (Wildman–Crippen MR) is 136 cm³/mol. The van der Waals surface area contributed by atoms with E-state index in [-0.39, 0.29) is 5.97 Å². The third kappa shape index (κ3) is 6.35. The van der Waals surface area contributed by atoms with E-state index in [1.807, 2.05) is 36.4 Å². The Labute approximate surface area is 199 Å². The first-order valence-electron chi connectivity index (χ1n) is 12.6. The maximum atomic E-state index is 12.6. The summed E-state index contributed by atoms with van der Waals surface area (Å²) in [5.74, 6) is 2.36. The molecule has 1 saturated carbocycles. The Morgan fingerprint density at radius 1 is 0.879 bits per heavy atom. The molecule has 4 rings (SSSR count). The highest BCUT2D eigenvalue weighted by Crippen LogP contribution is 2.39. The average Bonchev–Trinajstić information content (AvgIpc) is 2.86. The predicted octanol–water partition coefficient (Wildman–Crippen LogP) is 8.33. The van der Waals surface area contributed by atoms with Crippen molar-refractivity contribution in [1.82, 2.24) is 0 Å². The number of hydrogen-bond donors (Lipinski definition) is 0. The second-order valence-electron chi connectivity index (χ2n) is 9.67. The quantitative estimate of drug-likeness (QED) is 0.260. The largest absolute Gasteiger partial charge is 0.423 e. The number of hydrogen-bond acceptors (Lipinski definition) is 2. The van der Waals surface area contributed by atoms with Gasteiger partial charge in [-0.15, -0.1) is 0 Å². The highest BCUT2D eigenvalue weighted by atomic mass is 16.5. The average molecular weight is 441 g/mol. The number of rotatable bonds is 8. The molecule has 2 nitrogen and oxygen atoms in total. The van der Waals surface area contributed by atoms with Crippen molar-refractivity contribution in [2.24, 2.45) is 5.92 Å². The zero-order valence-corrected chi connectivity index (χ0v) is 20.0. The van der Waals surface area contributed by atoms with Crippen LogP contribution in [0.5, 0.6) is 5.75 Å². The molecule has 0 aromatic heterocycles. The monoisotopic (exact) mass is 440 g/mol. The number of carbonyl (C=O) groups is 1. The van der Waals surface area contributed by atoms with Crippen LogP contribution < -0.4 is 4.74 Å². The summed E-state index contributed by atoms with van der Waals surface area (Å²) < 4.78 is 5.57. The molecule has 0 heterocycles. The molecule has 1 unspecified atom stereocenters. The van der Waals surface area contributed by atoms with Gasteiger partial charge in [-0.2, -0.15) is 0 Å². The molecule has 0 amide bonds. The van der Waals surface area contributed by atoms with Gasteiger partial charge in [-0.1, -0.05) is 74.9 Å². The van der Waals surface area contributed by atoms with Crippen molar-refractivity contribution in [2.45, 2.75) is 70.6 Å². The lowest BCUT2D eigenvalue weighted by atomic mass is 9.75. The Hall–Kier alpha value is -2.87. The summed E-state index contributed by atoms with van der Waals surface area (Å²) in [6.45, 7) is 4.52. The van der Waals surface area contributed by atoms with Crippen LogP contribution in [0.2, 0.25) is 0 Å². The summed E-state index contributed by atoms with van der Waals surface area (Å²) in [5.41, 5.74) is 4.69. The van der Waals surface area contributed by atoms with Gasteiger partial charge < -0.3 is 4.74 Å². The zero-order chi connectivity index (χ0) is 23.0. The maximum Gasteiger partial charge on any atom is 0.343 e. The van der Waals surface area contributed by atoms with E-state index < -0.39 is 0 Å². The smallest absolute Gasteiger partial charge is 0.343 e. The first-order valence-corrected chi connectivity index (χ1v) is 12.6. The normalized spacial score (nSPS) is 19.1. The van der Waals surface area contributed by atoms with Crippen LogP contribution in [0.1, 0.15) is 91.3 Å². The van der Waals surface area contributed by atoms with E-state index in [0.717, 1.165) is 18.8 Å². The van der Waals surface area contributed by atoms with Gasteiger partial charge in [0.15, 0.2) is 0 Å². The van der Waals surface area contributed by atoms with Crippen LogP contribution in [0.4, 0.5) is 0 Å². The lowest BCUT2D eigenvalue weighted by Gasteiger charge is -2.30. The fourth-order valence-corrected chi connectivity index (χ4v) is 5.22. The summed E-state index contributed by atoms with van der Waals surface area (Å²) >= 11 is 0. The van der Waals surface area contributed by atoms with Crippen LogP contribution in [0.25, 0.3) is 0 Å². The Balaban J connectivity index is 1.27. The minimum Gasteiger partial charge on any atom is -0.423 e. The van der Waals surface area contributed by atoms with Gasteiger partial charge in [-0.3, -0.25) is 0 Å². The molecule has 0 aliphatic heterocycles. The lowest BCUT2D eigenvalue weighted by molar-refractivity contribution is 0.0734. The summed E-state index contributed by atoms with van der Waals surface area (Å²) in [6, 6.07) is 26.8. The number of esters is 1. The van der Waals surface area contributed by atoms with Gasteiger partial charge in [0.2, 0.25) is 0 Å². The highest BCUT2D eigenvalue weighted by Gasteiger charge is 2.24. The van der Waals surface area contributed by atoms with Crippen molar-refractivity contribution < 1.29 is 9.53 Å². The molecule has 1 atom stereocenters. The molecule has 0 spiro atoms. The van der Waals surface area contributed by atoms with Crippen molar-refractivity contribution in [3.05, 3.63) is 101 Å². The molecule has 3 aromatic carbocycles. The SMILES string of the molecule is CCCc1ccc(OC(=O)c2ccc(C3CCC(CC(C)c4ccccc4)CC3)cc2)cc1. The molecule has 1 aliphatic rings. The minimum atomic E-state index is -0.289. The van der Waals surface area contributed by atoms with Gasteiger partial charge >= 0.3 is 5.97 Å². The van der Waals surface area contributed by atoms with Gasteiger partial charge in [-0.25, -0.2) is 4.79 Å². The topological polar surface area (TPSA) is 26.3 Å². The zero-order valence-electron chi connectivity index (χ0n) is 20.0.